The fourth-order valence-corrected chi connectivity index (χ4v) is 2.55. The molecule has 1 aliphatic heterocycles. The second kappa shape index (κ2) is 6.33. The van der Waals surface area contributed by atoms with Gasteiger partial charge in [-0.15, -0.1) is 0 Å². The van der Waals surface area contributed by atoms with E-state index in [-0.39, 0.29) is 0 Å². The summed E-state index contributed by atoms with van der Waals surface area (Å²) in [6, 6.07) is 3.19. The minimum atomic E-state index is 0.445. The third kappa shape index (κ3) is 3.66. The molecule has 0 saturated carbocycles. The number of hydrogen-bond acceptors (Lipinski definition) is 4. The summed E-state index contributed by atoms with van der Waals surface area (Å²) in [5, 5.41) is 3.56. The highest BCUT2D eigenvalue weighted by atomic mass is 15.2. The van der Waals surface area contributed by atoms with Crippen molar-refractivity contribution in [2.75, 3.05) is 18.0 Å². The molecular weight excluding hydrogens is 236 g/mol. The van der Waals surface area contributed by atoms with Gasteiger partial charge in [-0.3, -0.25) is 0 Å². The first kappa shape index (κ1) is 14.3. The van der Waals surface area contributed by atoms with Crippen LogP contribution in [0.15, 0.2) is 12.4 Å². The third-order valence-corrected chi connectivity index (χ3v) is 3.76. The van der Waals surface area contributed by atoms with Crippen LogP contribution >= 0.6 is 0 Å². The second-order valence-corrected chi connectivity index (χ2v) is 6.00. The van der Waals surface area contributed by atoms with Crippen molar-refractivity contribution in [2.24, 2.45) is 0 Å². The molecule has 4 heteroatoms. The summed E-state index contributed by atoms with van der Waals surface area (Å²) in [6.45, 7) is 11.0. The van der Waals surface area contributed by atoms with E-state index in [2.05, 4.69) is 53.9 Å². The SMILES string of the molecule is CC(C)c1cc(N(CC2CCCN2)C(C)C)ncn1. The van der Waals surface area contributed by atoms with E-state index in [9.17, 15) is 0 Å². The summed E-state index contributed by atoms with van der Waals surface area (Å²) < 4.78 is 0. The molecule has 0 aromatic carbocycles. The van der Waals surface area contributed by atoms with E-state index in [0.29, 0.717) is 18.0 Å². The highest BCUT2D eigenvalue weighted by molar-refractivity contribution is 5.40. The van der Waals surface area contributed by atoms with Crippen LogP contribution in [0.1, 0.15) is 52.1 Å². The molecule has 0 radical (unpaired) electrons. The zero-order valence-corrected chi connectivity index (χ0v) is 12.6. The maximum absolute atomic E-state index is 4.47. The van der Waals surface area contributed by atoms with Gasteiger partial charge in [0.2, 0.25) is 0 Å². The van der Waals surface area contributed by atoms with Crippen LogP contribution in [0.4, 0.5) is 5.82 Å². The quantitative estimate of drug-likeness (QED) is 0.885. The van der Waals surface area contributed by atoms with Crippen LogP contribution < -0.4 is 10.2 Å². The first-order valence-corrected chi connectivity index (χ1v) is 7.40. The molecule has 2 heterocycles. The largest absolute Gasteiger partial charge is 0.353 e. The van der Waals surface area contributed by atoms with Gasteiger partial charge in [-0.2, -0.15) is 0 Å². The predicted molar refractivity (Wildman–Crippen MR) is 79.6 cm³/mol. The Kier molecular flexibility index (Phi) is 4.75. The fourth-order valence-electron chi connectivity index (χ4n) is 2.55. The van der Waals surface area contributed by atoms with Crippen LogP contribution in [-0.2, 0) is 0 Å². The molecule has 1 atom stereocenters. The average molecular weight is 262 g/mol. The maximum Gasteiger partial charge on any atom is 0.132 e. The molecule has 106 valence electrons. The third-order valence-electron chi connectivity index (χ3n) is 3.76. The molecule has 1 aromatic heterocycles. The Balaban J connectivity index is 2.15. The first-order valence-electron chi connectivity index (χ1n) is 7.40. The summed E-state index contributed by atoms with van der Waals surface area (Å²) in [5.41, 5.74) is 1.12. The molecule has 19 heavy (non-hydrogen) atoms. The van der Waals surface area contributed by atoms with Crippen LogP contribution in [-0.4, -0.2) is 35.1 Å². The summed E-state index contributed by atoms with van der Waals surface area (Å²) >= 11 is 0. The summed E-state index contributed by atoms with van der Waals surface area (Å²) in [4.78, 5) is 11.2. The summed E-state index contributed by atoms with van der Waals surface area (Å²) in [5.74, 6) is 1.50. The smallest absolute Gasteiger partial charge is 0.132 e. The Morgan fingerprint density at radius 3 is 2.68 bits per heavy atom. The van der Waals surface area contributed by atoms with Gasteiger partial charge < -0.3 is 10.2 Å². The topological polar surface area (TPSA) is 41.0 Å². The van der Waals surface area contributed by atoms with Gasteiger partial charge in [-0.1, -0.05) is 13.8 Å². The number of aromatic nitrogens is 2. The van der Waals surface area contributed by atoms with E-state index >= 15 is 0 Å². The minimum Gasteiger partial charge on any atom is -0.353 e. The lowest BCUT2D eigenvalue weighted by Gasteiger charge is -2.30. The van der Waals surface area contributed by atoms with E-state index in [0.717, 1.165) is 24.6 Å². The molecule has 1 N–H and O–H groups in total. The van der Waals surface area contributed by atoms with Crippen LogP contribution in [0.25, 0.3) is 0 Å². The van der Waals surface area contributed by atoms with Gasteiger partial charge in [0, 0.05) is 30.4 Å². The van der Waals surface area contributed by atoms with Crippen molar-refractivity contribution < 1.29 is 0 Å². The highest BCUT2D eigenvalue weighted by Gasteiger charge is 2.21. The van der Waals surface area contributed by atoms with Crippen molar-refractivity contribution >= 4 is 5.82 Å². The molecule has 0 spiro atoms. The van der Waals surface area contributed by atoms with Crippen molar-refractivity contribution in [1.82, 2.24) is 15.3 Å². The molecule has 1 unspecified atom stereocenters. The van der Waals surface area contributed by atoms with Crippen LogP contribution in [0.2, 0.25) is 0 Å². The van der Waals surface area contributed by atoms with E-state index < -0.39 is 0 Å². The van der Waals surface area contributed by atoms with Gasteiger partial charge in [0.1, 0.15) is 12.1 Å². The van der Waals surface area contributed by atoms with Crippen molar-refractivity contribution in [1.29, 1.82) is 0 Å². The van der Waals surface area contributed by atoms with Gasteiger partial charge in [0.25, 0.3) is 0 Å². The molecule has 0 aliphatic carbocycles. The van der Waals surface area contributed by atoms with Crippen LogP contribution in [0, 0.1) is 0 Å². The van der Waals surface area contributed by atoms with Gasteiger partial charge in [-0.25, -0.2) is 9.97 Å². The average Bonchev–Trinajstić information content (AvgIpc) is 2.88. The fraction of sp³-hybridized carbons (Fsp3) is 0.733. The Bertz CT molecular complexity index is 397. The van der Waals surface area contributed by atoms with Crippen LogP contribution in [0.3, 0.4) is 0 Å². The number of anilines is 1. The van der Waals surface area contributed by atoms with Crippen molar-refractivity contribution in [3.05, 3.63) is 18.1 Å². The van der Waals surface area contributed by atoms with Gasteiger partial charge in [0.15, 0.2) is 0 Å². The highest BCUT2D eigenvalue weighted by Crippen LogP contribution is 2.20. The molecule has 0 bridgehead atoms. The zero-order chi connectivity index (χ0) is 13.8. The van der Waals surface area contributed by atoms with Gasteiger partial charge >= 0.3 is 0 Å². The number of rotatable bonds is 5. The lowest BCUT2D eigenvalue weighted by atomic mass is 10.1. The van der Waals surface area contributed by atoms with Crippen LogP contribution in [0.5, 0.6) is 0 Å². The normalized spacial score (nSPS) is 19.4. The first-order chi connectivity index (χ1) is 9.08. The second-order valence-electron chi connectivity index (χ2n) is 6.00. The van der Waals surface area contributed by atoms with E-state index in [4.69, 9.17) is 0 Å². The molecule has 1 saturated heterocycles. The van der Waals surface area contributed by atoms with Crippen molar-refractivity contribution in [2.45, 2.75) is 58.5 Å². The van der Waals surface area contributed by atoms with E-state index in [1.165, 1.54) is 12.8 Å². The van der Waals surface area contributed by atoms with Crippen molar-refractivity contribution in [3.63, 3.8) is 0 Å². The molecule has 2 rings (SSSR count). The molecule has 0 amide bonds. The minimum absolute atomic E-state index is 0.445. The lowest BCUT2D eigenvalue weighted by molar-refractivity contribution is 0.548. The monoisotopic (exact) mass is 262 g/mol. The molecule has 1 fully saturated rings. The molecule has 1 aliphatic rings. The summed E-state index contributed by atoms with van der Waals surface area (Å²) in [6.07, 6.45) is 4.26. The Hall–Kier alpha value is -1.16. The Morgan fingerprint density at radius 1 is 1.32 bits per heavy atom. The number of nitrogens with zero attached hydrogens (tertiary/aromatic N) is 3. The standard InChI is InChI=1S/C15H26N4/c1-11(2)14-8-15(18-10-17-14)19(12(3)4)9-13-6-5-7-16-13/h8,10-13,16H,5-7,9H2,1-4H3. The molecular formula is C15H26N4. The van der Waals surface area contributed by atoms with E-state index in [1.807, 2.05) is 0 Å². The predicted octanol–water partition coefficient (Wildman–Crippen LogP) is 2.57. The maximum atomic E-state index is 4.47. The van der Waals surface area contributed by atoms with Crippen molar-refractivity contribution in [3.8, 4) is 0 Å². The Labute approximate surface area is 116 Å². The Morgan fingerprint density at radius 2 is 2.11 bits per heavy atom. The van der Waals surface area contributed by atoms with Gasteiger partial charge in [0.05, 0.1) is 0 Å². The lowest BCUT2D eigenvalue weighted by Crippen LogP contribution is -2.41. The van der Waals surface area contributed by atoms with Gasteiger partial charge in [-0.05, 0) is 39.2 Å². The number of nitrogens with one attached hydrogen (secondary N) is 1. The summed E-state index contributed by atoms with van der Waals surface area (Å²) in [7, 11) is 0. The molecule has 1 aromatic rings. The van der Waals surface area contributed by atoms with E-state index in [1.54, 1.807) is 6.33 Å². The zero-order valence-electron chi connectivity index (χ0n) is 12.6. The number of hydrogen-bond donors (Lipinski definition) is 1. The molecule has 4 nitrogen and oxygen atoms in total.